The van der Waals surface area contributed by atoms with Gasteiger partial charge in [0.05, 0.1) is 32.6 Å². The van der Waals surface area contributed by atoms with Crippen LogP contribution >= 0.6 is 34.5 Å². The Balaban J connectivity index is 0.00000190. The van der Waals surface area contributed by atoms with E-state index < -0.39 is 11.9 Å². The Morgan fingerprint density at radius 1 is 1.14 bits per heavy atom. The molecule has 2 aromatic heterocycles. The van der Waals surface area contributed by atoms with E-state index in [-0.39, 0.29) is 89.1 Å². The smallest absolute Gasteiger partial charge is 0.545 e. The number of carbonyl (C=O) groups is 3. The van der Waals surface area contributed by atoms with Crippen LogP contribution in [0.4, 0.5) is 5.13 Å². The Morgan fingerprint density at radius 2 is 1.81 bits per heavy atom. The molecule has 5 rings (SSSR count). The van der Waals surface area contributed by atoms with Crippen LogP contribution in [0.1, 0.15) is 47.5 Å². The fourth-order valence-corrected chi connectivity index (χ4v) is 5.96. The molecular weight excluding hydrogens is 529 g/mol. The number of carboxylic acid groups (broad SMARTS) is 2. The van der Waals surface area contributed by atoms with Crippen molar-refractivity contribution in [2.45, 2.75) is 19.4 Å². The van der Waals surface area contributed by atoms with E-state index in [4.69, 9.17) is 23.2 Å². The number of halogens is 2. The summed E-state index contributed by atoms with van der Waals surface area (Å²) in [5, 5.41) is 26.9. The Morgan fingerprint density at radius 3 is 2.38 bits per heavy atom. The molecule has 1 amide bonds. The van der Waals surface area contributed by atoms with Crippen molar-refractivity contribution in [3.63, 3.8) is 0 Å². The van der Waals surface area contributed by atoms with Crippen LogP contribution in [0, 0.1) is 18.8 Å². The van der Waals surface area contributed by atoms with Crippen LogP contribution in [-0.4, -0.2) is 46.9 Å². The number of H-pyrrole nitrogens is 1. The van der Waals surface area contributed by atoms with Crippen LogP contribution in [0.5, 0.6) is 0 Å². The number of hydrogen-bond acceptors (Lipinski definition) is 8. The first-order valence-corrected chi connectivity index (χ1v) is 12.3. The molecule has 14 heteroatoms. The molecule has 1 unspecified atom stereocenters. The third-order valence-electron chi connectivity index (χ3n) is 6.45. The van der Waals surface area contributed by atoms with Crippen molar-refractivity contribution in [1.82, 2.24) is 15.3 Å². The number of hydrogen-bond donors (Lipinski definition) is 2. The molecule has 2 fully saturated rings. The fourth-order valence-electron chi connectivity index (χ4n) is 4.60. The van der Waals surface area contributed by atoms with E-state index in [0.717, 1.165) is 11.3 Å². The van der Waals surface area contributed by atoms with Gasteiger partial charge in [-0.2, -0.15) is 0 Å². The zero-order valence-corrected chi connectivity index (χ0v) is 22.6. The second-order valence-corrected chi connectivity index (χ2v) is 10.4. The van der Waals surface area contributed by atoms with Crippen molar-refractivity contribution in [1.29, 1.82) is 0 Å². The summed E-state index contributed by atoms with van der Waals surface area (Å²) < 4.78 is 0. The molecule has 182 valence electrons. The molecule has 0 radical (unpaired) electrons. The normalized spacial score (nSPS) is 19.4. The quantitative estimate of drug-likeness (QED) is 0.283. The summed E-state index contributed by atoms with van der Waals surface area (Å²) in [4.78, 5) is 44.9. The summed E-state index contributed by atoms with van der Waals surface area (Å²) in [6.07, 6.45) is 0.152. The van der Waals surface area contributed by atoms with Gasteiger partial charge in [0.25, 0.3) is 5.91 Å². The van der Waals surface area contributed by atoms with Gasteiger partial charge in [0, 0.05) is 43.1 Å². The number of carboxylic acids is 2. The first kappa shape index (κ1) is 29.7. The summed E-state index contributed by atoms with van der Waals surface area (Å²) in [5.41, 5.74) is 1.80. The third kappa shape index (κ3) is 5.77. The van der Waals surface area contributed by atoms with Gasteiger partial charge in [0.2, 0.25) is 0 Å². The molecule has 0 bridgehead atoms. The number of aromatic nitrogens is 2. The van der Waals surface area contributed by atoms with Crippen molar-refractivity contribution >= 4 is 57.5 Å². The number of aryl methyl sites for hydroxylation is 1. The van der Waals surface area contributed by atoms with Crippen LogP contribution in [0.15, 0.2) is 24.3 Å². The molecule has 0 spiro atoms. The van der Waals surface area contributed by atoms with E-state index in [1.54, 1.807) is 19.1 Å². The van der Waals surface area contributed by atoms with Crippen LogP contribution in [0.3, 0.4) is 0 Å². The average Bonchev–Trinajstić information content (AvgIpc) is 3.19. The first-order valence-electron chi connectivity index (χ1n) is 10.7. The second-order valence-electron chi connectivity index (χ2n) is 8.71. The van der Waals surface area contributed by atoms with E-state index in [1.165, 1.54) is 12.1 Å². The first-order chi connectivity index (χ1) is 16.6. The van der Waals surface area contributed by atoms with Crippen molar-refractivity contribution in [3.8, 4) is 0 Å². The van der Waals surface area contributed by atoms with Crippen LogP contribution in [0.25, 0.3) is 0 Å². The molecule has 1 aromatic carbocycles. The van der Waals surface area contributed by atoms with Gasteiger partial charge in [-0.25, -0.2) is 4.98 Å². The predicted molar refractivity (Wildman–Crippen MR) is 126 cm³/mol. The number of nitrogens with zero attached hydrogens (tertiary/aromatic N) is 2. The van der Waals surface area contributed by atoms with Gasteiger partial charge >= 0.3 is 37.7 Å². The molecule has 37 heavy (non-hydrogen) atoms. The Kier molecular flexibility index (Phi) is 9.20. The number of rotatable bonds is 7. The van der Waals surface area contributed by atoms with Crippen LogP contribution in [-0.2, 0) is 6.42 Å². The summed E-state index contributed by atoms with van der Waals surface area (Å²) in [6, 6.07) is 6.12. The summed E-state index contributed by atoms with van der Waals surface area (Å²) in [6.45, 7) is 2.97. The molecule has 1 aliphatic heterocycles. The SMILES string of the molecule is Cc1[nH]c(C(=O)NC2[C@H]3CN(c4nc(Cc5cccc(C(=O)[O-])c5)c(C(=O)[O-])s4)C[C@@H]23)c(Cl)c1Cl.[Li+].[Li+]. The maximum absolute atomic E-state index is 12.6. The standard InChI is InChI=1S/C23H20Cl2N4O5S.2Li/c1-9-15(24)16(25)18(26-9)20(30)28-17-12-7-29(8-13(12)17)23-27-14(19(35-23)22(33)34)6-10-3-2-4-11(5-10)21(31)32;;/h2-5,12-13,17,26H,6-8H2,1H3,(H,28,30)(H,31,32)(H,33,34);;/q;2*+1/p-2/t12-,13+,17?;;. The van der Waals surface area contributed by atoms with Gasteiger partial charge in [0.15, 0.2) is 5.13 Å². The number of carbonyl (C=O) groups excluding carboxylic acids is 3. The largest absolute Gasteiger partial charge is 1.00 e. The van der Waals surface area contributed by atoms with Gasteiger partial charge in [0.1, 0.15) is 5.69 Å². The van der Waals surface area contributed by atoms with Gasteiger partial charge in [-0.1, -0.05) is 52.7 Å². The van der Waals surface area contributed by atoms with E-state index in [1.807, 2.05) is 4.90 Å². The predicted octanol–water partition coefficient (Wildman–Crippen LogP) is -4.72. The number of aromatic carboxylic acids is 2. The van der Waals surface area contributed by atoms with E-state index in [0.29, 0.717) is 40.2 Å². The Bertz CT molecular complexity index is 1370. The summed E-state index contributed by atoms with van der Waals surface area (Å²) in [5.74, 6) is -2.53. The van der Waals surface area contributed by atoms with Gasteiger partial charge in [-0.05, 0) is 24.1 Å². The van der Waals surface area contributed by atoms with Crippen molar-refractivity contribution < 1.29 is 62.3 Å². The number of piperidine rings is 1. The zero-order chi connectivity index (χ0) is 25.0. The fraction of sp³-hybridized carbons (Fsp3) is 0.304. The average molecular weight is 547 g/mol. The molecular formula is C23H18Cl2Li2N4O5S. The number of nitrogens with one attached hydrogen (secondary N) is 2. The molecule has 9 nitrogen and oxygen atoms in total. The topological polar surface area (TPSA) is 141 Å². The number of aromatic amines is 1. The van der Waals surface area contributed by atoms with E-state index >= 15 is 0 Å². The maximum Gasteiger partial charge on any atom is 1.00 e. The van der Waals surface area contributed by atoms with Gasteiger partial charge in [-0.3, -0.25) is 4.79 Å². The number of fused-ring (bicyclic) bond motifs is 1. The minimum absolute atomic E-state index is 0. The van der Waals surface area contributed by atoms with Crippen LogP contribution < -0.4 is 58.2 Å². The van der Waals surface area contributed by atoms with Crippen molar-refractivity contribution in [3.05, 3.63) is 67.4 Å². The molecule has 3 aromatic rings. The van der Waals surface area contributed by atoms with Crippen LogP contribution in [0.2, 0.25) is 10.0 Å². The number of amides is 1. The molecule has 3 heterocycles. The molecule has 2 N–H and O–H groups in total. The Hall–Kier alpha value is -1.89. The molecule has 2 aliphatic rings. The van der Waals surface area contributed by atoms with Crippen molar-refractivity contribution in [2.24, 2.45) is 11.8 Å². The maximum atomic E-state index is 12.6. The second kappa shape index (κ2) is 11.5. The molecule has 1 saturated carbocycles. The molecule has 1 saturated heterocycles. The zero-order valence-electron chi connectivity index (χ0n) is 20.3. The number of anilines is 1. The Labute approximate surface area is 250 Å². The minimum Gasteiger partial charge on any atom is -0.545 e. The summed E-state index contributed by atoms with van der Waals surface area (Å²) >= 11 is 13.2. The number of thiazole rings is 1. The third-order valence-corrected chi connectivity index (χ3v) is 8.53. The van der Waals surface area contributed by atoms with Crippen molar-refractivity contribution in [2.75, 3.05) is 18.0 Å². The number of benzene rings is 1. The van der Waals surface area contributed by atoms with E-state index in [9.17, 15) is 24.6 Å². The summed E-state index contributed by atoms with van der Waals surface area (Å²) in [7, 11) is 0. The van der Waals surface area contributed by atoms with E-state index in [2.05, 4.69) is 15.3 Å². The molecule has 3 atom stereocenters. The van der Waals surface area contributed by atoms with Gasteiger partial charge < -0.3 is 35.0 Å². The minimum atomic E-state index is -1.33. The molecule has 1 aliphatic carbocycles. The monoisotopic (exact) mass is 546 g/mol. The van der Waals surface area contributed by atoms with Gasteiger partial charge in [-0.15, -0.1) is 0 Å².